The summed E-state index contributed by atoms with van der Waals surface area (Å²) in [7, 11) is 0. The van der Waals surface area contributed by atoms with E-state index >= 15 is 0 Å². The average molecular weight is 789 g/mol. The molecule has 290 valence electrons. The molecule has 12 aromatic rings. The second-order valence-corrected chi connectivity index (χ2v) is 16.1. The zero-order chi connectivity index (χ0) is 41.0. The zero-order valence-corrected chi connectivity index (χ0v) is 34.0. The van der Waals surface area contributed by atoms with Crippen LogP contribution in [0.4, 0.5) is 17.1 Å². The van der Waals surface area contributed by atoms with E-state index in [9.17, 15) is 0 Å². The molecule has 0 radical (unpaired) electrons. The van der Waals surface area contributed by atoms with Crippen LogP contribution in [0.3, 0.4) is 0 Å². The van der Waals surface area contributed by atoms with E-state index in [0.29, 0.717) is 0 Å². The number of aromatic nitrogens is 1. The number of hydrogen-bond donors (Lipinski definition) is 0. The highest BCUT2D eigenvalue weighted by Gasteiger charge is 2.21. The number of benzene rings is 11. The third kappa shape index (κ3) is 6.04. The molecule has 12 rings (SSSR count). The Balaban J connectivity index is 1.08. The van der Waals surface area contributed by atoms with Crippen LogP contribution in [0.25, 0.3) is 93.2 Å². The van der Waals surface area contributed by atoms with Crippen LogP contribution in [0, 0.1) is 0 Å². The largest absolute Gasteiger partial charge is 0.310 e. The summed E-state index contributed by atoms with van der Waals surface area (Å²) in [6.45, 7) is 0. The standard InChI is InChI=1S/C60H40N2/c1-2-16-45-39-46(28-27-41(45)13-1)42-29-32-48(33-30-42)61(49-34-36-50(37-35-49)62-58-25-9-7-21-55(58)56-22-8-10-26-59(56)62)60-40-47(53-23-11-17-43-14-3-5-19-51(43)53)31-38-57(60)54-24-12-18-44-15-4-6-20-52(44)54/h1-40H. The van der Waals surface area contributed by atoms with Crippen LogP contribution in [0.1, 0.15) is 0 Å². The van der Waals surface area contributed by atoms with Gasteiger partial charge in [0.2, 0.25) is 0 Å². The van der Waals surface area contributed by atoms with E-state index in [2.05, 4.69) is 252 Å². The summed E-state index contributed by atoms with van der Waals surface area (Å²) in [4.78, 5) is 2.45. The fraction of sp³-hybridized carbons (Fsp3) is 0. The normalized spacial score (nSPS) is 11.5. The summed E-state index contributed by atoms with van der Waals surface area (Å²) in [5.41, 5.74) is 13.9. The summed E-state index contributed by atoms with van der Waals surface area (Å²) >= 11 is 0. The summed E-state index contributed by atoms with van der Waals surface area (Å²) < 4.78 is 2.39. The Labute approximate surface area is 360 Å². The molecule has 0 aliphatic carbocycles. The summed E-state index contributed by atoms with van der Waals surface area (Å²) in [5, 5.41) is 9.90. The Kier molecular flexibility index (Phi) is 8.53. The van der Waals surface area contributed by atoms with Gasteiger partial charge in [-0.15, -0.1) is 0 Å². The van der Waals surface area contributed by atoms with E-state index in [1.54, 1.807) is 0 Å². The topological polar surface area (TPSA) is 8.17 Å². The van der Waals surface area contributed by atoms with Crippen molar-refractivity contribution in [3.63, 3.8) is 0 Å². The van der Waals surface area contributed by atoms with Gasteiger partial charge < -0.3 is 9.47 Å². The minimum Gasteiger partial charge on any atom is -0.310 e. The van der Waals surface area contributed by atoms with E-state index < -0.39 is 0 Å². The number of rotatable bonds is 7. The highest BCUT2D eigenvalue weighted by molar-refractivity contribution is 6.09. The molecule has 62 heavy (non-hydrogen) atoms. The number of para-hydroxylation sites is 2. The second-order valence-electron chi connectivity index (χ2n) is 16.1. The van der Waals surface area contributed by atoms with Crippen LogP contribution in [0.15, 0.2) is 243 Å². The molecule has 0 atom stereocenters. The third-order valence-electron chi connectivity index (χ3n) is 12.6. The first-order chi connectivity index (χ1) is 30.7. The van der Waals surface area contributed by atoms with Gasteiger partial charge in [-0.2, -0.15) is 0 Å². The Morgan fingerprint density at radius 2 is 0.758 bits per heavy atom. The van der Waals surface area contributed by atoms with Gasteiger partial charge >= 0.3 is 0 Å². The van der Waals surface area contributed by atoms with E-state index in [4.69, 9.17) is 0 Å². The molecule has 0 aliphatic heterocycles. The molecular formula is C60H40N2. The summed E-state index contributed by atoms with van der Waals surface area (Å²) in [6, 6.07) is 88.7. The smallest absolute Gasteiger partial charge is 0.0546 e. The Morgan fingerprint density at radius 1 is 0.274 bits per heavy atom. The second kappa shape index (κ2) is 14.8. The highest BCUT2D eigenvalue weighted by atomic mass is 15.1. The summed E-state index contributed by atoms with van der Waals surface area (Å²) in [5.74, 6) is 0. The van der Waals surface area contributed by atoms with Crippen LogP contribution in [0.2, 0.25) is 0 Å². The van der Waals surface area contributed by atoms with Crippen molar-refractivity contribution in [2.75, 3.05) is 4.90 Å². The molecule has 0 spiro atoms. The lowest BCUT2D eigenvalue weighted by molar-refractivity contribution is 1.17. The van der Waals surface area contributed by atoms with Crippen molar-refractivity contribution >= 4 is 71.2 Å². The van der Waals surface area contributed by atoms with Gasteiger partial charge in [0.25, 0.3) is 0 Å². The molecule has 0 aliphatic rings. The van der Waals surface area contributed by atoms with Crippen molar-refractivity contribution in [3.05, 3.63) is 243 Å². The maximum Gasteiger partial charge on any atom is 0.0546 e. The molecular weight excluding hydrogens is 749 g/mol. The van der Waals surface area contributed by atoms with E-state index in [0.717, 1.165) is 28.3 Å². The van der Waals surface area contributed by atoms with Gasteiger partial charge in [0.15, 0.2) is 0 Å². The highest BCUT2D eigenvalue weighted by Crippen LogP contribution is 2.46. The van der Waals surface area contributed by atoms with Gasteiger partial charge in [-0.05, 0) is 121 Å². The van der Waals surface area contributed by atoms with E-state index in [1.165, 1.54) is 81.9 Å². The molecule has 0 unspecified atom stereocenters. The first-order valence-electron chi connectivity index (χ1n) is 21.3. The van der Waals surface area contributed by atoms with Crippen molar-refractivity contribution in [1.29, 1.82) is 0 Å². The Bertz CT molecular complexity index is 3570. The molecule has 0 amide bonds. The van der Waals surface area contributed by atoms with Gasteiger partial charge in [-0.3, -0.25) is 0 Å². The summed E-state index contributed by atoms with van der Waals surface area (Å²) in [6.07, 6.45) is 0. The molecule has 0 fully saturated rings. The lowest BCUT2D eigenvalue weighted by Gasteiger charge is -2.29. The number of fused-ring (bicyclic) bond motifs is 6. The van der Waals surface area contributed by atoms with Crippen molar-refractivity contribution in [2.45, 2.75) is 0 Å². The maximum absolute atomic E-state index is 2.45. The molecule has 1 aromatic heterocycles. The molecule has 11 aromatic carbocycles. The van der Waals surface area contributed by atoms with E-state index in [1.807, 2.05) is 0 Å². The maximum atomic E-state index is 2.45. The lowest BCUT2D eigenvalue weighted by Crippen LogP contribution is -2.12. The minimum atomic E-state index is 1.07. The SMILES string of the molecule is c1ccc2cc(-c3ccc(N(c4ccc(-n5c6ccccc6c6ccccc65)cc4)c4cc(-c5cccc6ccccc56)ccc4-c4cccc5ccccc45)cc3)ccc2c1. The molecule has 0 N–H and O–H groups in total. The van der Waals surface area contributed by atoms with Crippen molar-refractivity contribution in [1.82, 2.24) is 4.57 Å². The van der Waals surface area contributed by atoms with Gasteiger partial charge in [0, 0.05) is 33.4 Å². The molecule has 2 nitrogen and oxygen atoms in total. The quantitative estimate of drug-likeness (QED) is 0.156. The molecule has 2 heteroatoms. The number of anilines is 3. The van der Waals surface area contributed by atoms with Crippen LogP contribution >= 0.6 is 0 Å². The molecule has 0 bridgehead atoms. The zero-order valence-electron chi connectivity index (χ0n) is 34.0. The lowest BCUT2D eigenvalue weighted by atomic mass is 9.92. The minimum absolute atomic E-state index is 1.07. The Morgan fingerprint density at radius 3 is 1.42 bits per heavy atom. The fourth-order valence-electron chi connectivity index (χ4n) is 9.60. The fourth-order valence-corrected chi connectivity index (χ4v) is 9.60. The van der Waals surface area contributed by atoms with Crippen molar-refractivity contribution in [2.24, 2.45) is 0 Å². The van der Waals surface area contributed by atoms with Gasteiger partial charge in [0.1, 0.15) is 0 Å². The van der Waals surface area contributed by atoms with Gasteiger partial charge in [-0.25, -0.2) is 0 Å². The first-order valence-corrected chi connectivity index (χ1v) is 21.3. The monoisotopic (exact) mass is 788 g/mol. The van der Waals surface area contributed by atoms with Crippen LogP contribution in [-0.4, -0.2) is 4.57 Å². The number of nitrogens with zero attached hydrogens (tertiary/aromatic N) is 2. The van der Waals surface area contributed by atoms with Crippen molar-refractivity contribution in [3.8, 4) is 39.1 Å². The first kappa shape index (κ1) is 35.7. The predicted molar refractivity (Wildman–Crippen MR) is 264 cm³/mol. The van der Waals surface area contributed by atoms with Gasteiger partial charge in [0.05, 0.1) is 16.7 Å². The predicted octanol–water partition coefficient (Wildman–Crippen LogP) is 16.7. The van der Waals surface area contributed by atoms with Gasteiger partial charge in [-0.1, -0.05) is 182 Å². The molecule has 0 saturated heterocycles. The molecule has 0 saturated carbocycles. The molecule has 1 heterocycles. The van der Waals surface area contributed by atoms with E-state index in [-0.39, 0.29) is 0 Å². The number of hydrogen-bond acceptors (Lipinski definition) is 1. The third-order valence-corrected chi connectivity index (χ3v) is 12.6. The van der Waals surface area contributed by atoms with Crippen LogP contribution in [-0.2, 0) is 0 Å². The average Bonchev–Trinajstić information content (AvgIpc) is 3.68. The Hall–Kier alpha value is -8.20. The van der Waals surface area contributed by atoms with Crippen LogP contribution in [0.5, 0.6) is 0 Å². The van der Waals surface area contributed by atoms with Crippen molar-refractivity contribution < 1.29 is 0 Å². The van der Waals surface area contributed by atoms with Crippen LogP contribution < -0.4 is 4.90 Å².